The molecule has 7 heteroatoms. The number of benzene rings is 1. The number of aromatic nitrogens is 3. The van der Waals surface area contributed by atoms with Crippen molar-refractivity contribution in [1.29, 1.82) is 0 Å². The second-order valence-corrected chi connectivity index (χ2v) is 7.63. The summed E-state index contributed by atoms with van der Waals surface area (Å²) in [6.07, 6.45) is 1.02. The predicted molar refractivity (Wildman–Crippen MR) is 109 cm³/mol. The maximum absolute atomic E-state index is 12.3. The lowest BCUT2D eigenvalue weighted by Crippen LogP contribution is -2.32. The first-order valence-corrected chi connectivity index (χ1v) is 10.5. The molecule has 0 atom stereocenters. The molecule has 2 rings (SSSR count). The van der Waals surface area contributed by atoms with Gasteiger partial charge in [0.2, 0.25) is 5.91 Å². The molecule has 2 aromatic rings. The molecule has 1 aromatic heterocycles. The van der Waals surface area contributed by atoms with E-state index in [1.165, 1.54) is 11.8 Å². The fourth-order valence-corrected chi connectivity index (χ4v) is 3.49. The second-order valence-electron chi connectivity index (χ2n) is 6.69. The lowest BCUT2D eigenvalue weighted by molar-refractivity contribution is -0.127. The zero-order valence-corrected chi connectivity index (χ0v) is 17.5. The normalized spacial score (nSPS) is 11.0. The second kappa shape index (κ2) is 11.0. The highest BCUT2D eigenvalue weighted by Crippen LogP contribution is 2.20. The lowest BCUT2D eigenvalue weighted by atomic mass is 10.1. The average Bonchev–Trinajstić information content (AvgIpc) is 3.06. The van der Waals surface area contributed by atoms with Gasteiger partial charge >= 0.3 is 0 Å². The van der Waals surface area contributed by atoms with Gasteiger partial charge in [0.25, 0.3) is 0 Å². The predicted octanol–water partition coefficient (Wildman–Crippen LogP) is 3.86. The monoisotopic (exact) mass is 390 g/mol. The van der Waals surface area contributed by atoms with Crippen molar-refractivity contribution in [3.05, 3.63) is 36.2 Å². The smallest absolute Gasteiger partial charge is 0.233 e. The summed E-state index contributed by atoms with van der Waals surface area (Å²) in [5.41, 5.74) is 0. The number of para-hydroxylation sites is 1. The van der Waals surface area contributed by atoms with Gasteiger partial charge in [0, 0.05) is 19.6 Å². The van der Waals surface area contributed by atoms with Crippen molar-refractivity contribution < 1.29 is 9.53 Å². The Labute approximate surface area is 166 Å². The van der Waals surface area contributed by atoms with Crippen LogP contribution in [0.25, 0.3) is 0 Å². The Kier molecular flexibility index (Phi) is 8.64. The van der Waals surface area contributed by atoms with Gasteiger partial charge < -0.3 is 14.2 Å². The van der Waals surface area contributed by atoms with Crippen LogP contribution in [0.1, 0.15) is 39.9 Å². The van der Waals surface area contributed by atoms with Crippen molar-refractivity contribution >= 4 is 17.7 Å². The molecule has 1 aromatic carbocycles. The summed E-state index contributed by atoms with van der Waals surface area (Å²) >= 11 is 1.45. The van der Waals surface area contributed by atoms with E-state index in [4.69, 9.17) is 4.74 Å². The molecule has 0 saturated heterocycles. The minimum Gasteiger partial charge on any atom is -0.486 e. The summed E-state index contributed by atoms with van der Waals surface area (Å²) in [4.78, 5) is 14.1. The molecule has 0 N–H and O–H groups in total. The molecule has 0 fully saturated rings. The molecule has 0 spiro atoms. The van der Waals surface area contributed by atoms with Gasteiger partial charge in [0.1, 0.15) is 12.4 Å². The molecule has 0 saturated carbocycles. The number of rotatable bonds is 11. The SMILES string of the molecule is CCN(CC)C(=O)CSc1nnc(COc2ccccc2)n1CCC(C)C. The molecule has 0 unspecified atom stereocenters. The first-order valence-electron chi connectivity index (χ1n) is 9.55. The molecule has 0 aliphatic heterocycles. The summed E-state index contributed by atoms with van der Waals surface area (Å²) in [6, 6.07) is 9.69. The van der Waals surface area contributed by atoms with Gasteiger partial charge in [-0.1, -0.05) is 43.8 Å². The number of ether oxygens (including phenoxy) is 1. The topological polar surface area (TPSA) is 60.3 Å². The van der Waals surface area contributed by atoms with E-state index in [2.05, 4.69) is 28.6 Å². The summed E-state index contributed by atoms with van der Waals surface area (Å²) in [6.45, 7) is 11.0. The molecule has 0 bridgehead atoms. The highest BCUT2D eigenvalue weighted by molar-refractivity contribution is 7.99. The Morgan fingerprint density at radius 1 is 1.19 bits per heavy atom. The molecular weight excluding hydrogens is 360 g/mol. The Hall–Kier alpha value is -2.02. The molecule has 27 heavy (non-hydrogen) atoms. The molecule has 6 nitrogen and oxygen atoms in total. The maximum atomic E-state index is 12.3. The van der Waals surface area contributed by atoms with Gasteiger partial charge in [-0.3, -0.25) is 4.79 Å². The van der Waals surface area contributed by atoms with E-state index in [1.807, 2.05) is 49.1 Å². The quantitative estimate of drug-likeness (QED) is 0.545. The zero-order valence-electron chi connectivity index (χ0n) is 16.7. The molecule has 1 heterocycles. The lowest BCUT2D eigenvalue weighted by Gasteiger charge is -2.18. The van der Waals surface area contributed by atoms with Crippen LogP contribution in [-0.4, -0.2) is 44.4 Å². The van der Waals surface area contributed by atoms with Crippen LogP contribution in [0.3, 0.4) is 0 Å². The van der Waals surface area contributed by atoms with Gasteiger partial charge in [0.05, 0.1) is 5.75 Å². The van der Waals surface area contributed by atoms with Crippen molar-refractivity contribution in [3.63, 3.8) is 0 Å². The number of carbonyl (C=O) groups excluding carboxylic acids is 1. The Balaban J connectivity index is 2.06. The van der Waals surface area contributed by atoms with Crippen LogP contribution >= 0.6 is 11.8 Å². The first-order chi connectivity index (χ1) is 13.0. The van der Waals surface area contributed by atoms with Gasteiger partial charge in [-0.2, -0.15) is 0 Å². The molecule has 0 aliphatic rings. The van der Waals surface area contributed by atoms with E-state index >= 15 is 0 Å². The highest BCUT2D eigenvalue weighted by Gasteiger charge is 2.17. The third-order valence-electron chi connectivity index (χ3n) is 4.28. The highest BCUT2D eigenvalue weighted by atomic mass is 32.2. The van der Waals surface area contributed by atoms with Crippen LogP contribution in [0.2, 0.25) is 0 Å². The third-order valence-corrected chi connectivity index (χ3v) is 5.23. The van der Waals surface area contributed by atoms with E-state index in [0.29, 0.717) is 18.3 Å². The number of thioether (sulfide) groups is 1. The third kappa shape index (κ3) is 6.57. The maximum Gasteiger partial charge on any atom is 0.233 e. The number of nitrogens with zero attached hydrogens (tertiary/aromatic N) is 4. The number of hydrogen-bond donors (Lipinski definition) is 0. The Bertz CT molecular complexity index is 699. The molecule has 0 aliphatic carbocycles. The van der Waals surface area contributed by atoms with Crippen molar-refractivity contribution in [2.45, 2.75) is 52.4 Å². The average molecular weight is 391 g/mol. The number of amides is 1. The van der Waals surface area contributed by atoms with Crippen molar-refractivity contribution in [1.82, 2.24) is 19.7 Å². The molecule has 0 radical (unpaired) electrons. The molecular formula is C20H30N4O2S. The van der Waals surface area contributed by atoms with Crippen molar-refractivity contribution in [2.75, 3.05) is 18.8 Å². The van der Waals surface area contributed by atoms with Gasteiger partial charge in [-0.15, -0.1) is 10.2 Å². The summed E-state index contributed by atoms with van der Waals surface area (Å²) in [7, 11) is 0. The van der Waals surface area contributed by atoms with E-state index in [9.17, 15) is 4.79 Å². The number of hydrogen-bond acceptors (Lipinski definition) is 5. The van der Waals surface area contributed by atoms with Crippen LogP contribution in [0.15, 0.2) is 35.5 Å². The minimum atomic E-state index is 0.130. The van der Waals surface area contributed by atoms with E-state index < -0.39 is 0 Å². The van der Waals surface area contributed by atoms with Crippen LogP contribution in [0, 0.1) is 5.92 Å². The standard InChI is InChI=1S/C20H30N4O2S/c1-5-23(6-2)19(25)15-27-20-22-21-18(24(20)13-12-16(3)4)14-26-17-10-8-7-9-11-17/h7-11,16H,5-6,12-15H2,1-4H3. The summed E-state index contributed by atoms with van der Waals surface area (Å²) in [5, 5.41) is 9.41. The molecule has 148 valence electrons. The van der Waals surface area contributed by atoms with Crippen molar-refractivity contribution in [3.8, 4) is 5.75 Å². The van der Waals surface area contributed by atoms with Gasteiger partial charge in [0.15, 0.2) is 11.0 Å². The first kappa shape index (κ1) is 21.3. The minimum absolute atomic E-state index is 0.130. The fraction of sp³-hybridized carbons (Fsp3) is 0.550. The van der Waals surface area contributed by atoms with Crippen LogP contribution in [0.5, 0.6) is 5.75 Å². The Morgan fingerprint density at radius 3 is 2.52 bits per heavy atom. The van der Waals surface area contributed by atoms with Crippen LogP contribution in [0.4, 0.5) is 0 Å². The fourth-order valence-electron chi connectivity index (χ4n) is 2.60. The largest absolute Gasteiger partial charge is 0.486 e. The molecule has 1 amide bonds. The van der Waals surface area contributed by atoms with Crippen molar-refractivity contribution in [2.24, 2.45) is 5.92 Å². The van der Waals surface area contributed by atoms with Crippen LogP contribution < -0.4 is 4.74 Å². The van der Waals surface area contributed by atoms with Crippen LogP contribution in [-0.2, 0) is 17.9 Å². The summed E-state index contributed by atoms with van der Waals surface area (Å²) < 4.78 is 7.93. The van der Waals surface area contributed by atoms with E-state index in [-0.39, 0.29) is 5.91 Å². The zero-order chi connectivity index (χ0) is 19.6. The Morgan fingerprint density at radius 2 is 1.89 bits per heavy atom. The van der Waals surface area contributed by atoms with E-state index in [1.54, 1.807) is 0 Å². The van der Waals surface area contributed by atoms with Gasteiger partial charge in [-0.25, -0.2) is 0 Å². The number of carbonyl (C=O) groups is 1. The summed E-state index contributed by atoms with van der Waals surface area (Å²) in [5.74, 6) is 2.68. The van der Waals surface area contributed by atoms with Gasteiger partial charge in [-0.05, 0) is 38.3 Å². The van der Waals surface area contributed by atoms with E-state index in [0.717, 1.165) is 42.8 Å².